The minimum atomic E-state index is -0.186. The van der Waals surface area contributed by atoms with Crippen LogP contribution in [0.15, 0.2) is 52.1 Å². The summed E-state index contributed by atoms with van der Waals surface area (Å²) in [6.45, 7) is 6.86. The fourth-order valence-corrected chi connectivity index (χ4v) is 3.33. The highest BCUT2D eigenvalue weighted by Gasteiger charge is 2.20. The summed E-state index contributed by atoms with van der Waals surface area (Å²) in [7, 11) is 0. The van der Waals surface area contributed by atoms with Gasteiger partial charge in [-0.05, 0) is 36.6 Å². The van der Waals surface area contributed by atoms with Crippen LogP contribution in [0.1, 0.15) is 30.2 Å². The molecule has 146 valence electrons. The molecule has 1 saturated heterocycles. The summed E-state index contributed by atoms with van der Waals surface area (Å²) >= 11 is 0. The van der Waals surface area contributed by atoms with Crippen LogP contribution in [0.4, 0.5) is 0 Å². The summed E-state index contributed by atoms with van der Waals surface area (Å²) in [5.41, 5.74) is 2.50. The van der Waals surface area contributed by atoms with Gasteiger partial charge in [-0.3, -0.25) is 4.90 Å². The maximum atomic E-state index is 9.75. The molecular formula is C21H30N4O2. The van der Waals surface area contributed by atoms with Crippen LogP contribution in [-0.2, 0) is 19.5 Å². The molecular weight excluding hydrogens is 340 g/mol. The van der Waals surface area contributed by atoms with Crippen molar-refractivity contribution in [2.24, 2.45) is 4.99 Å². The van der Waals surface area contributed by atoms with E-state index in [0.29, 0.717) is 6.54 Å². The first-order valence-corrected chi connectivity index (χ1v) is 9.76. The Morgan fingerprint density at radius 2 is 2.07 bits per heavy atom. The van der Waals surface area contributed by atoms with Crippen LogP contribution in [-0.4, -0.2) is 48.2 Å². The summed E-state index contributed by atoms with van der Waals surface area (Å²) in [4.78, 5) is 7.05. The van der Waals surface area contributed by atoms with Gasteiger partial charge in [0.15, 0.2) is 5.96 Å². The number of hydrogen-bond acceptors (Lipinski definition) is 4. The predicted molar refractivity (Wildman–Crippen MR) is 108 cm³/mol. The van der Waals surface area contributed by atoms with Gasteiger partial charge in [0.2, 0.25) is 0 Å². The monoisotopic (exact) mass is 370 g/mol. The van der Waals surface area contributed by atoms with Crippen molar-refractivity contribution < 1.29 is 9.52 Å². The van der Waals surface area contributed by atoms with Gasteiger partial charge in [-0.1, -0.05) is 24.3 Å². The van der Waals surface area contributed by atoms with E-state index in [1.165, 1.54) is 11.1 Å². The third-order valence-electron chi connectivity index (χ3n) is 4.76. The topological polar surface area (TPSA) is 73.0 Å². The Labute approximate surface area is 161 Å². The maximum Gasteiger partial charge on any atom is 0.191 e. The normalized spacial score (nSPS) is 18.0. The number of benzene rings is 1. The lowest BCUT2D eigenvalue weighted by molar-refractivity contribution is 0.174. The third-order valence-corrected chi connectivity index (χ3v) is 4.76. The molecule has 1 unspecified atom stereocenters. The van der Waals surface area contributed by atoms with Gasteiger partial charge in [-0.15, -0.1) is 0 Å². The lowest BCUT2D eigenvalue weighted by atomic mass is 10.1. The molecule has 0 amide bonds. The van der Waals surface area contributed by atoms with Crippen molar-refractivity contribution in [3.05, 3.63) is 59.5 Å². The van der Waals surface area contributed by atoms with Gasteiger partial charge < -0.3 is 20.2 Å². The van der Waals surface area contributed by atoms with Gasteiger partial charge in [-0.25, -0.2) is 4.99 Å². The number of aliphatic imine (C=N–C) groups is 1. The Morgan fingerprint density at radius 1 is 1.22 bits per heavy atom. The minimum Gasteiger partial charge on any atom is -0.469 e. The summed E-state index contributed by atoms with van der Waals surface area (Å²) < 4.78 is 5.37. The van der Waals surface area contributed by atoms with E-state index in [-0.39, 0.29) is 6.10 Å². The average molecular weight is 370 g/mol. The lowest BCUT2D eigenvalue weighted by Crippen LogP contribution is -2.38. The molecule has 6 heteroatoms. The molecule has 1 atom stereocenters. The number of furan rings is 1. The molecule has 0 aliphatic carbocycles. The first-order valence-electron chi connectivity index (χ1n) is 9.76. The van der Waals surface area contributed by atoms with E-state index in [9.17, 15) is 5.11 Å². The summed E-state index contributed by atoms with van der Waals surface area (Å²) in [5.74, 6) is 1.78. The van der Waals surface area contributed by atoms with Gasteiger partial charge in [-0.2, -0.15) is 0 Å². The number of nitrogens with zero attached hydrogens (tertiary/aromatic N) is 2. The molecule has 1 fully saturated rings. The van der Waals surface area contributed by atoms with Crippen LogP contribution >= 0.6 is 0 Å². The SMILES string of the molecule is CCNC(=NCc1ccccc1CN1CCC(O)C1)NCCc1ccco1. The lowest BCUT2D eigenvalue weighted by Gasteiger charge is -2.17. The molecule has 27 heavy (non-hydrogen) atoms. The van der Waals surface area contributed by atoms with E-state index in [2.05, 4.69) is 46.7 Å². The molecule has 1 aromatic carbocycles. The number of aliphatic hydroxyl groups is 1. The standard InChI is InChI=1S/C21H30N4O2/c1-2-22-21(23-11-9-20-8-5-13-27-20)24-14-17-6-3-4-7-18(17)15-25-12-10-19(26)16-25/h3-8,13,19,26H,2,9-12,14-16H2,1H3,(H2,22,23,24). The summed E-state index contributed by atoms with van der Waals surface area (Å²) in [6.07, 6.45) is 3.20. The molecule has 0 bridgehead atoms. The highest BCUT2D eigenvalue weighted by molar-refractivity contribution is 5.79. The number of guanidine groups is 1. The first kappa shape index (κ1) is 19.5. The fraction of sp³-hybridized carbons (Fsp3) is 0.476. The highest BCUT2D eigenvalue weighted by Crippen LogP contribution is 2.17. The Bertz CT molecular complexity index is 715. The Balaban J connectivity index is 1.57. The zero-order valence-corrected chi connectivity index (χ0v) is 16.0. The maximum absolute atomic E-state index is 9.75. The van der Waals surface area contributed by atoms with Gasteiger partial charge >= 0.3 is 0 Å². The highest BCUT2D eigenvalue weighted by atomic mass is 16.3. The van der Waals surface area contributed by atoms with Crippen molar-refractivity contribution in [1.82, 2.24) is 15.5 Å². The van der Waals surface area contributed by atoms with Crippen LogP contribution in [0.2, 0.25) is 0 Å². The van der Waals surface area contributed by atoms with E-state index in [1.54, 1.807) is 6.26 Å². The Morgan fingerprint density at radius 3 is 2.78 bits per heavy atom. The largest absolute Gasteiger partial charge is 0.469 e. The minimum absolute atomic E-state index is 0.186. The molecule has 3 rings (SSSR count). The van der Waals surface area contributed by atoms with E-state index in [1.807, 2.05) is 12.1 Å². The van der Waals surface area contributed by atoms with Crippen molar-refractivity contribution in [3.8, 4) is 0 Å². The van der Waals surface area contributed by atoms with Crippen LogP contribution in [0, 0.1) is 0 Å². The summed E-state index contributed by atoms with van der Waals surface area (Å²) in [6, 6.07) is 12.3. The molecule has 0 spiro atoms. The van der Waals surface area contributed by atoms with Crippen molar-refractivity contribution in [3.63, 3.8) is 0 Å². The molecule has 1 aliphatic rings. The Hall–Kier alpha value is -2.31. The van der Waals surface area contributed by atoms with Gasteiger partial charge in [0.05, 0.1) is 18.9 Å². The molecule has 2 aromatic rings. The number of likely N-dealkylation sites (tertiary alicyclic amines) is 1. The molecule has 0 saturated carbocycles. The number of rotatable bonds is 8. The molecule has 3 N–H and O–H groups in total. The van der Waals surface area contributed by atoms with Crippen LogP contribution < -0.4 is 10.6 Å². The molecule has 0 radical (unpaired) electrons. The smallest absolute Gasteiger partial charge is 0.191 e. The van der Waals surface area contributed by atoms with Crippen molar-refractivity contribution >= 4 is 5.96 Å². The zero-order chi connectivity index (χ0) is 18.9. The zero-order valence-electron chi connectivity index (χ0n) is 16.0. The molecule has 2 heterocycles. The number of β-amino-alcohol motifs (C(OH)–C–C–N with tert-alkyl or cyclic N) is 1. The van der Waals surface area contributed by atoms with Gasteiger partial charge in [0.25, 0.3) is 0 Å². The summed E-state index contributed by atoms with van der Waals surface area (Å²) in [5, 5.41) is 16.4. The predicted octanol–water partition coefficient (Wildman–Crippen LogP) is 2.14. The number of hydrogen-bond donors (Lipinski definition) is 3. The second kappa shape index (κ2) is 10.1. The van der Waals surface area contributed by atoms with Crippen LogP contribution in [0.3, 0.4) is 0 Å². The molecule has 6 nitrogen and oxygen atoms in total. The van der Waals surface area contributed by atoms with E-state index < -0.39 is 0 Å². The van der Waals surface area contributed by atoms with Crippen LogP contribution in [0.25, 0.3) is 0 Å². The quantitative estimate of drug-likeness (QED) is 0.490. The van der Waals surface area contributed by atoms with E-state index in [0.717, 1.165) is 57.3 Å². The molecule has 1 aromatic heterocycles. The first-order chi connectivity index (χ1) is 13.2. The molecule has 1 aliphatic heterocycles. The van der Waals surface area contributed by atoms with Gasteiger partial charge in [0.1, 0.15) is 5.76 Å². The third kappa shape index (κ3) is 6.12. The fourth-order valence-electron chi connectivity index (χ4n) is 3.33. The number of nitrogens with one attached hydrogen (secondary N) is 2. The van der Waals surface area contributed by atoms with Gasteiger partial charge in [0, 0.05) is 39.1 Å². The van der Waals surface area contributed by atoms with Crippen molar-refractivity contribution in [1.29, 1.82) is 0 Å². The van der Waals surface area contributed by atoms with Crippen molar-refractivity contribution in [2.75, 3.05) is 26.2 Å². The van der Waals surface area contributed by atoms with Crippen molar-refractivity contribution in [2.45, 2.75) is 39.0 Å². The average Bonchev–Trinajstić information content (AvgIpc) is 3.32. The van der Waals surface area contributed by atoms with Crippen LogP contribution in [0.5, 0.6) is 0 Å². The Kier molecular flexibility index (Phi) is 7.30. The second-order valence-electron chi connectivity index (χ2n) is 6.90. The van der Waals surface area contributed by atoms with E-state index >= 15 is 0 Å². The second-order valence-corrected chi connectivity index (χ2v) is 6.90. The number of aliphatic hydroxyl groups excluding tert-OH is 1. The van der Waals surface area contributed by atoms with E-state index in [4.69, 9.17) is 9.41 Å².